The fourth-order valence-electron chi connectivity index (χ4n) is 3.39. The molecule has 1 aromatic carbocycles. The van der Waals surface area contributed by atoms with Crippen LogP contribution in [0.15, 0.2) is 29.3 Å². The summed E-state index contributed by atoms with van der Waals surface area (Å²) in [5, 5.41) is 10.3. The summed E-state index contributed by atoms with van der Waals surface area (Å²) in [6.45, 7) is 3.96. The van der Waals surface area contributed by atoms with Gasteiger partial charge in [-0.05, 0) is 66.0 Å². The molecule has 27 heavy (non-hydrogen) atoms. The average molecular weight is 388 g/mol. The van der Waals surface area contributed by atoms with Crippen LogP contribution in [0, 0.1) is 22.7 Å². The van der Waals surface area contributed by atoms with E-state index >= 15 is 0 Å². The van der Waals surface area contributed by atoms with Crippen LogP contribution in [0.4, 0.5) is 13.8 Å². The molecule has 1 aromatic heterocycles. The van der Waals surface area contributed by atoms with Crippen molar-refractivity contribution in [3.8, 4) is 11.8 Å². The maximum absolute atomic E-state index is 12.2. The van der Waals surface area contributed by atoms with Gasteiger partial charge in [-0.2, -0.15) is 14.0 Å². The number of nitrogens with zero attached hydrogens (tertiary/aromatic N) is 2. The van der Waals surface area contributed by atoms with Crippen LogP contribution in [0.2, 0.25) is 0 Å². The van der Waals surface area contributed by atoms with Crippen LogP contribution >= 0.6 is 11.3 Å². The summed E-state index contributed by atoms with van der Waals surface area (Å²) in [5.41, 5.74) is 2.84. The minimum Gasteiger partial charge on any atom is -0.435 e. The minimum absolute atomic E-state index is 0.111. The van der Waals surface area contributed by atoms with Crippen molar-refractivity contribution >= 4 is 22.6 Å². The van der Waals surface area contributed by atoms with Crippen molar-refractivity contribution < 1.29 is 13.5 Å². The summed E-state index contributed by atoms with van der Waals surface area (Å²) >= 11 is 1.59. The Morgan fingerprint density at radius 1 is 1.30 bits per heavy atom. The quantitative estimate of drug-likeness (QED) is 0.592. The summed E-state index contributed by atoms with van der Waals surface area (Å²) in [5.74, 6) is 0.717. The lowest BCUT2D eigenvalue weighted by Gasteiger charge is -2.33. The number of benzene rings is 1. The maximum atomic E-state index is 12.2. The number of fused-ring (bicyclic) bond motifs is 1. The van der Waals surface area contributed by atoms with Crippen LogP contribution in [0.5, 0.6) is 5.75 Å². The van der Waals surface area contributed by atoms with E-state index in [9.17, 15) is 14.0 Å². The first-order valence-electron chi connectivity index (χ1n) is 8.91. The molecule has 3 nitrogen and oxygen atoms in total. The van der Waals surface area contributed by atoms with Gasteiger partial charge in [-0.1, -0.05) is 20.8 Å². The van der Waals surface area contributed by atoms with Crippen molar-refractivity contribution in [2.75, 3.05) is 0 Å². The lowest BCUT2D eigenvalue weighted by Crippen LogP contribution is -2.26. The second-order valence-corrected chi connectivity index (χ2v) is 8.89. The number of rotatable bonds is 4. The van der Waals surface area contributed by atoms with E-state index in [0.717, 1.165) is 35.4 Å². The molecule has 1 aliphatic rings. The SMILES string of the molecule is CC(C)(C)[C@@H]1CCc2c(sc(N=Cc3ccc(OC(F)F)cc3)c2C#N)C1. The molecule has 1 heterocycles. The van der Waals surface area contributed by atoms with Crippen molar-refractivity contribution in [2.45, 2.75) is 46.6 Å². The van der Waals surface area contributed by atoms with E-state index < -0.39 is 6.61 Å². The van der Waals surface area contributed by atoms with Gasteiger partial charge in [-0.25, -0.2) is 4.99 Å². The van der Waals surface area contributed by atoms with Crippen molar-refractivity contribution in [1.82, 2.24) is 0 Å². The van der Waals surface area contributed by atoms with Gasteiger partial charge in [0.05, 0.1) is 5.56 Å². The lowest BCUT2D eigenvalue weighted by molar-refractivity contribution is -0.0498. The Kier molecular flexibility index (Phi) is 5.61. The highest BCUT2D eigenvalue weighted by Crippen LogP contribution is 2.44. The van der Waals surface area contributed by atoms with Crippen LogP contribution < -0.4 is 4.74 Å². The number of alkyl halides is 2. The number of hydrogen-bond donors (Lipinski definition) is 0. The number of ether oxygens (including phenoxy) is 1. The van der Waals surface area contributed by atoms with Gasteiger partial charge in [-0.3, -0.25) is 0 Å². The molecule has 0 radical (unpaired) electrons. The smallest absolute Gasteiger partial charge is 0.387 e. The molecule has 1 atom stereocenters. The summed E-state index contributed by atoms with van der Waals surface area (Å²) < 4.78 is 28.8. The molecule has 0 bridgehead atoms. The third kappa shape index (κ3) is 4.54. The Morgan fingerprint density at radius 2 is 2.00 bits per heavy atom. The van der Waals surface area contributed by atoms with Gasteiger partial charge >= 0.3 is 6.61 Å². The summed E-state index contributed by atoms with van der Waals surface area (Å²) in [4.78, 5) is 5.78. The number of halogens is 2. The van der Waals surface area contributed by atoms with Crippen molar-refractivity contribution in [3.05, 3.63) is 45.8 Å². The minimum atomic E-state index is -2.84. The number of nitriles is 1. The zero-order chi connectivity index (χ0) is 19.6. The third-order valence-corrected chi connectivity index (χ3v) is 6.18. The largest absolute Gasteiger partial charge is 0.435 e. The topological polar surface area (TPSA) is 45.4 Å². The predicted octanol–water partition coefficient (Wildman–Crippen LogP) is 6.12. The van der Waals surface area contributed by atoms with Gasteiger partial charge < -0.3 is 4.74 Å². The predicted molar refractivity (Wildman–Crippen MR) is 104 cm³/mol. The normalized spacial score (nSPS) is 17.1. The highest BCUT2D eigenvalue weighted by molar-refractivity contribution is 7.16. The highest BCUT2D eigenvalue weighted by atomic mass is 32.1. The molecule has 0 amide bonds. The van der Waals surface area contributed by atoms with Crippen molar-refractivity contribution in [2.24, 2.45) is 16.3 Å². The van der Waals surface area contributed by atoms with Gasteiger partial charge in [0.15, 0.2) is 0 Å². The van der Waals surface area contributed by atoms with E-state index in [-0.39, 0.29) is 11.2 Å². The van der Waals surface area contributed by atoms with E-state index in [2.05, 4.69) is 36.6 Å². The van der Waals surface area contributed by atoms with Crippen molar-refractivity contribution in [3.63, 3.8) is 0 Å². The number of hydrogen-bond acceptors (Lipinski definition) is 4. The molecule has 1 aliphatic carbocycles. The molecule has 0 aliphatic heterocycles. The second kappa shape index (κ2) is 7.77. The molecular weight excluding hydrogens is 366 g/mol. The molecule has 2 aromatic rings. The maximum Gasteiger partial charge on any atom is 0.387 e. The summed E-state index contributed by atoms with van der Waals surface area (Å²) in [7, 11) is 0. The summed E-state index contributed by atoms with van der Waals surface area (Å²) in [6.07, 6.45) is 4.67. The molecule has 6 heteroatoms. The zero-order valence-corrected chi connectivity index (χ0v) is 16.4. The molecule has 0 N–H and O–H groups in total. The summed E-state index contributed by atoms with van der Waals surface area (Å²) in [6, 6.07) is 8.60. The van der Waals surface area contributed by atoms with E-state index in [1.807, 2.05) is 0 Å². The van der Waals surface area contributed by atoms with Crippen LogP contribution in [0.3, 0.4) is 0 Å². The first-order valence-corrected chi connectivity index (χ1v) is 9.73. The first-order chi connectivity index (χ1) is 12.8. The average Bonchev–Trinajstić information content (AvgIpc) is 2.96. The van der Waals surface area contributed by atoms with Gasteiger partial charge in [0, 0.05) is 11.1 Å². The molecule has 0 fully saturated rings. The zero-order valence-electron chi connectivity index (χ0n) is 15.6. The first kappa shape index (κ1) is 19.5. The van der Waals surface area contributed by atoms with Crippen LogP contribution in [-0.2, 0) is 12.8 Å². The van der Waals surface area contributed by atoms with E-state index in [1.54, 1.807) is 29.7 Å². The Balaban J connectivity index is 1.81. The van der Waals surface area contributed by atoms with E-state index in [4.69, 9.17) is 0 Å². The van der Waals surface area contributed by atoms with Crippen LogP contribution in [0.1, 0.15) is 48.8 Å². The Labute approximate surface area is 162 Å². The number of thiophene rings is 1. The second-order valence-electron chi connectivity index (χ2n) is 7.81. The van der Waals surface area contributed by atoms with Gasteiger partial charge in [0.1, 0.15) is 16.8 Å². The Morgan fingerprint density at radius 3 is 2.59 bits per heavy atom. The third-order valence-electron chi connectivity index (χ3n) is 5.02. The highest BCUT2D eigenvalue weighted by Gasteiger charge is 2.32. The van der Waals surface area contributed by atoms with Crippen LogP contribution in [0.25, 0.3) is 0 Å². The standard InChI is InChI=1S/C21H22F2N2OS/c1-21(2,3)14-6-9-16-17(11-24)19(27-18(16)10-14)25-12-13-4-7-15(8-5-13)26-20(22)23/h4-5,7-8,12,14,20H,6,9-10H2,1-3H3/t14-/m1/s1. The molecule has 0 saturated heterocycles. The van der Waals surface area contributed by atoms with E-state index in [1.165, 1.54) is 17.0 Å². The molecule has 0 saturated carbocycles. The fraction of sp³-hybridized carbons (Fsp3) is 0.429. The Hall–Kier alpha value is -2.26. The molecule has 0 spiro atoms. The Bertz CT molecular complexity index is 873. The van der Waals surface area contributed by atoms with Crippen LogP contribution in [-0.4, -0.2) is 12.8 Å². The van der Waals surface area contributed by atoms with Gasteiger partial charge in [0.2, 0.25) is 0 Å². The molecular formula is C21H22F2N2OS. The molecule has 142 valence electrons. The lowest BCUT2D eigenvalue weighted by atomic mass is 9.72. The fourth-order valence-corrected chi connectivity index (χ4v) is 4.61. The van der Waals surface area contributed by atoms with E-state index in [0.29, 0.717) is 11.5 Å². The molecule has 3 rings (SSSR count). The number of aliphatic imine (C=N–C) groups is 1. The molecule has 0 unspecified atom stereocenters. The van der Waals surface area contributed by atoms with Gasteiger partial charge in [-0.15, -0.1) is 11.3 Å². The van der Waals surface area contributed by atoms with Gasteiger partial charge in [0.25, 0.3) is 0 Å². The van der Waals surface area contributed by atoms with Crippen molar-refractivity contribution in [1.29, 1.82) is 5.26 Å². The monoisotopic (exact) mass is 388 g/mol.